The van der Waals surface area contributed by atoms with E-state index < -0.39 is 0 Å². The predicted octanol–water partition coefficient (Wildman–Crippen LogP) is 1.95. The fourth-order valence-electron chi connectivity index (χ4n) is 2.53. The van der Waals surface area contributed by atoms with Crippen LogP contribution in [0.25, 0.3) is 0 Å². The molecule has 0 saturated carbocycles. The summed E-state index contributed by atoms with van der Waals surface area (Å²) in [5.41, 5.74) is 0.527. The van der Waals surface area contributed by atoms with Crippen molar-refractivity contribution in [3.63, 3.8) is 0 Å². The molecule has 0 aromatic heterocycles. The van der Waals surface area contributed by atoms with Gasteiger partial charge in [0.25, 0.3) is 5.91 Å². The lowest BCUT2D eigenvalue weighted by Gasteiger charge is -2.35. The summed E-state index contributed by atoms with van der Waals surface area (Å²) >= 11 is 0. The predicted molar refractivity (Wildman–Crippen MR) is 73.4 cm³/mol. The van der Waals surface area contributed by atoms with Crippen molar-refractivity contribution in [1.82, 2.24) is 4.90 Å². The average Bonchev–Trinajstić information content (AvgIpc) is 2.48. The van der Waals surface area contributed by atoms with Crippen molar-refractivity contribution in [2.45, 2.75) is 31.7 Å². The van der Waals surface area contributed by atoms with E-state index in [1.54, 1.807) is 17.0 Å². The van der Waals surface area contributed by atoms with Gasteiger partial charge in [0.05, 0.1) is 13.5 Å². The molecule has 1 N–H and O–H groups in total. The van der Waals surface area contributed by atoms with Crippen molar-refractivity contribution in [2.24, 2.45) is 0 Å². The van der Waals surface area contributed by atoms with E-state index in [2.05, 4.69) is 0 Å². The summed E-state index contributed by atoms with van der Waals surface area (Å²) in [7, 11) is 1.36. The number of piperidine rings is 1. The summed E-state index contributed by atoms with van der Waals surface area (Å²) in [6.07, 6.45) is 3.02. The summed E-state index contributed by atoms with van der Waals surface area (Å²) in [6, 6.07) is 6.08. The minimum atomic E-state index is -0.291. The minimum Gasteiger partial charge on any atom is -0.508 e. The molecule has 0 bridgehead atoms. The number of methoxy groups -OCH3 is 1. The number of carbonyl (C=O) groups excluding carboxylic acids is 2. The van der Waals surface area contributed by atoms with Crippen molar-refractivity contribution < 1.29 is 19.4 Å². The Hall–Kier alpha value is -2.04. The zero-order valence-corrected chi connectivity index (χ0v) is 11.5. The molecule has 1 amide bonds. The molecule has 1 atom stereocenters. The minimum absolute atomic E-state index is 0.0985. The molecule has 20 heavy (non-hydrogen) atoms. The topological polar surface area (TPSA) is 66.8 Å². The highest BCUT2D eigenvalue weighted by molar-refractivity contribution is 5.94. The van der Waals surface area contributed by atoms with Gasteiger partial charge in [0.2, 0.25) is 0 Å². The molecule has 0 radical (unpaired) electrons. The molecular formula is C15H19NO4. The molecule has 1 unspecified atom stereocenters. The van der Waals surface area contributed by atoms with Gasteiger partial charge >= 0.3 is 5.97 Å². The zero-order chi connectivity index (χ0) is 14.5. The SMILES string of the molecule is COC(=O)CC1CCCCN1C(=O)c1ccc(O)cc1. The van der Waals surface area contributed by atoms with Gasteiger partial charge in [0.1, 0.15) is 5.75 Å². The molecule has 1 fully saturated rings. The fraction of sp³-hybridized carbons (Fsp3) is 0.467. The van der Waals surface area contributed by atoms with E-state index in [9.17, 15) is 14.7 Å². The molecule has 5 heteroatoms. The Bertz CT molecular complexity index is 483. The van der Waals surface area contributed by atoms with Crippen LogP contribution in [0.4, 0.5) is 0 Å². The largest absolute Gasteiger partial charge is 0.508 e. The highest BCUT2D eigenvalue weighted by atomic mass is 16.5. The van der Waals surface area contributed by atoms with Crippen LogP contribution in [0.15, 0.2) is 24.3 Å². The maximum Gasteiger partial charge on any atom is 0.307 e. The number of ether oxygens (including phenoxy) is 1. The van der Waals surface area contributed by atoms with E-state index in [0.29, 0.717) is 12.1 Å². The lowest BCUT2D eigenvalue weighted by molar-refractivity contribution is -0.142. The third kappa shape index (κ3) is 3.29. The van der Waals surface area contributed by atoms with E-state index in [1.165, 1.54) is 19.2 Å². The number of carbonyl (C=O) groups is 2. The van der Waals surface area contributed by atoms with Crippen molar-refractivity contribution in [2.75, 3.05) is 13.7 Å². The van der Waals surface area contributed by atoms with E-state index in [1.807, 2.05) is 0 Å². The van der Waals surface area contributed by atoms with Crippen LogP contribution in [0.3, 0.4) is 0 Å². The van der Waals surface area contributed by atoms with Crippen molar-refractivity contribution >= 4 is 11.9 Å². The van der Waals surface area contributed by atoms with Gasteiger partial charge < -0.3 is 14.7 Å². The molecule has 1 aromatic carbocycles. The second kappa shape index (κ2) is 6.41. The Morgan fingerprint density at radius 3 is 2.65 bits per heavy atom. The van der Waals surface area contributed by atoms with Crippen molar-refractivity contribution in [3.05, 3.63) is 29.8 Å². The third-order valence-electron chi connectivity index (χ3n) is 3.63. The number of likely N-dealkylation sites (tertiary alicyclic amines) is 1. The summed E-state index contributed by atoms with van der Waals surface area (Å²) in [6.45, 7) is 0.654. The van der Waals surface area contributed by atoms with Crippen LogP contribution in [0.5, 0.6) is 5.75 Å². The molecule has 1 heterocycles. The Kier molecular flexibility index (Phi) is 4.61. The van der Waals surface area contributed by atoms with E-state index >= 15 is 0 Å². The Morgan fingerprint density at radius 2 is 2.00 bits per heavy atom. The number of hydrogen-bond acceptors (Lipinski definition) is 4. The first-order valence-electron chi connectivity index (χ1n) is 6.78. The monoisotopic (exact) mass is 277 g/mol. The summed E-state index contributed by atoms with van der Waals surface area (Å²) < 4.78 is 4.69. The van der Waals surface area contributed by atoms with E-state index in [0.717, 1.165) is 19.3 Å². The smallest absolute Gasteiger partial charge is 0.307 e. The average molecular weight is 277 g/mol. The molecule has 1 aliphatic rings. The number of nitrogens with zero attached hydrogens (tertiary/aromatic N) is 1. The van der Waals surface area contributed by atoms with Gasteiger partial charge in [-0.3, -0.25) is 9.59 Å². The van der Waals surface area contributed by atoms with E-state index in [4.69, 9.17) is 4.74 Å². The van der Waals surface area contributed by atoms with Gasteiger partial charge in [-0.1, -0.05) is 0 Å². The lowest BCUT2D eigenvalue weighted by Crippen LogP contribution is -2.44. The van der Waals surface area contributed by atoms with Gasteiger partial charge in [-0.2, -0.15) is 0 Å². The van der Waals surface area contributed by atoms with E-state index in [-0.39, 0.29) is 30.1 Å². The second-order valence-corrected chi connectivity index (χ2v) is 4.98. The van der Waals surface area contributed by atoms with Crippen molar-refractivity contribution in [3.8, 4) is 5.75 Å². The summed E-state index contributed by atoms with van der Waals surface area (Å²) in [5.74, 6) is -0.259. The Balaban J connectivity index is 2.12. The molecule has 1 aromatic rings. The number of esters is 1. The van der Waals surface area contributed by atoms with Gasteiger partial charge in [-0.25, -0.2) is 0 Å². The highest BCUT2D eigenvalue weighted by Crippen LogP contribution is 2.23. The maximum absolute atomic E-state index is 12.5. The number of phenols is 1. The van der Waals surface area contributed by atoms with Gasteiger partial charge in [-0.05, 0) is 43.5 Å². The van der Waals surface area contributed by atoms with Crippen LogP contribution in [0.2, 0.25) is 0 Å². The molecule has 0 spiro atoms. The lowest BCUT2D eigenvalue weighted by atomic mass is 9.98. The van der Waals surface area contributed by atoms with Gasteiger partial charge in [0, 0.05) is 18.2 Å². The number of aromatic hydroxyl groups is 1. The van der Waals surface area contributed by atoms with Crippen LogP contribution in [0.1, 0.15) is 36.0 Å². The zero-order valence-electron chi connectivity index (χ0n) is 11.5. The van der Waals surface area contributed by atoms with Gasteiger partial charge in [-0.15, -0.1) is 0 Å². The Labute approximate surface area is 118 Å². The number of rotatable bonds is 3. The summed E-state index contributed by atoms with van der Waals surface area (Å²) in [4.78, 5) is 25.7. The van der Waals surface area contributed by atoms with Crippen LogP contribution in [-0.4, -0.2) is 41.6 Å². The fourth-order valence-corrected chi connectivity index (χ4v) is 2.53. The Morgan fingerprint density at radius 1 is 1.30 bits per heavy atom. The second-order valence-electron chi connectivity index (χ2n) is 4.98. The highest BCUT2D eigenvalue weighted by Gasteiger charge is 2.29. The third-order valence-corrected chi connectivity index (χ3v) is 3.63. The first-order chi connectivity index (χ1) is 9.61. The molecule has 108 valence electrons. The first-order valence-corrected chi connectivity index (χ1v) is 6.78. The molecule has 5 nitrogen and oxygen atoms in total. The first kappa shape index (κ1) is 14.4. The molecule has 2 rings (SSSR count). The number of phenolic OH excluding ortho intramolecular Hbond substituents is 1. The molecular weight excluding hydrogens is 258 g/mol. The normalized spacial score (nSPS) is 18.6. The van der Waals surface area contributed by atoms with Crippen LogP contribution >= 0.6 is 0 Å². The standard InChI is InChI=1S/C15H19NO4/c1-20-14(18)10-12-4-2-3-9-16(12)15(19)11-5-7-13(17)8-6-11/h5-8,12,17H,2-4,9-10H2,1H3. The maximum atomic E-state index is 12.5. The quantitative estimate of drug-likeness (QED) is 0.857. The number of amides is 1. The molecule has 0 aliphatic carbocycles. The molecule has 1 aliphatic heterocycles. The van der Waals surface area contributed by atoms with Crippen LogP contribution < -0.4 is 0 Å². The van der Waals surface area contributed by atoms with Crippen molar-refractivity contribution in [1.29, 1.82) is 0 Å². The van der Waals surface area contributed by atoms with Gasteiger partial charge in [0.15, 0.2) is 0 Å². The van der Waals surface area contributed by atoms with Crippen LogP contribution in [0, 0.1) is 0 Å². The summed E-state index contributed by atoms with van der Waals surface area (Å²) in [5, 5.41) is 9.27. The molecule has 1 saturated heterocycles. The van der Waals surface area contributed by atoms with Crippen LogP contribution in [-0.2, 0) is 9.53 Å². The number of hydrogen-bond donors (Lipinski definition) is 1. The number of benzene rings is 1.